The van der Waals surface area contributed by atoms with Gasteiger partial charge >= 0.3 is 0 Å². The molecule has 1 aromatic carbocycles. The van der Waals surface area contributed by atoms with Crippen LogP contribution >= 0.6 is 0 Å². The Morgan fingerprint density at radius 1 is 1.22 bits per heavy atom. The van der Waals surface area contributed by atoms with Crippen molar-refractivity contribution >= 4 is 11.8 Å². The van der Waals surface area contributed by atoms with Crippen LogP contribution in [0.1, 0.15) is 48.3 Å². The highest BCUT2D eigenvalue weighted by molar-refractivity contribution is 5.96. The summed E-state index contributed by atoms with van der Waals surface area (Å²) in [6, 6.07) is 4.83. The SMILES string of the molecule is CCCOc1ccc(C(=O)NNC(=O)CCCc2nc(C)no2)cc1OC. The quantitative estimate of drug-likeness (QED) is 0.643. The van der Waals surface area contributed by atoms with Crippen LogP contribution in [0.25, 0.3) is 0 Å². The summed E-state index contributed by atoms with van der Waals surface area (Å²) in [6.07, 6.45) is 2.11. The maximum atomic E-state index is 12.2. The molecule has 0 saturated heterocycles. The zero-order valence-corrected chi connectivity index (χ0v) is 15.7. The molecule has 0 spiro atoms. The second-order valence-electron chi connectivity index (χ2n) is 5.81. The van der Waals surface area contributed by atoms with Crippen molar-refractivity contribution in [1.82, 2.24) is 21.0 Å². The average Bonchev–Trinajstić information content (AvgIpc) is 3.09. The van der Waals surface area contributed by atoms with E-state index in [-0.39, 0.29) is 12.3 Å². The number of hydrazine groups is 1. The number of amides is 2. The molecule has 0 unspecified atom stereocenters. The zero-order valence-electron chi connectivity index (χ0n) is 15.7. The van der Waals surface area contributed by atoms with Crippen molar-refractivity contribution in [2.24, 2.45) is 0 Å². The molecular formula is C18H24N4O5. The third-order valence-corrected chi connectivity index (χ3v) is 3.57. The molecule has 2 aromatic rings. The van der Waals surface area contributed by atoms with Crippen LogP contribution in [0.2, 0.25) is 0 Å². The van der Waals surface area contributed by atoms with Crippen molar-refractivity contribution in [3.8, 4) is 11.5 Å². The van der Waals surface area contributed by atoms with Gasteiger partial charge in [0.2, 0.25) is 11.8 Å². The Labute approximate surface area is 157 Å². The number of aromatic nitrogens is 2. The molecule has 1 heterocycles. The van der Waals surface area contributed by atoms with Crippen LogP contribution in [-0.2, 0) is 11.2 Å². The Hall–Kier alpha value is -3.10. The van der Waals surface area contributed by atoms with Crippen molar-refractivity contribution in [1.29, 1.82) is 0 Å². The van der Waals surface area contributed by atoms with Crippen molar-refractivity contribution < 1.29 is 23.6 Å². The van der Waals surface area contributed by atoms with Gasteiger partial charge in [0.15, 0.2) is 17.3 Å². The maximum Gasteiger partial charge on any atom is 0.269 e. The fourth-order valence-electron chi connectivity index (χ4n) is 2.24. The topological polar surface area (TPSA) is 116 Å². The molecule has 27 heavy (non-hydrogen) atoms. The van der Waals surface area contributed by atoms with Gasteiger partial charge in [-0.2, -0.15) is 4.98 Å². The second kappa shape index (κ2) is 10.1. The predicted octanol–water partition coefficient (Wildman–Crippen LogP) is 1.96. The summed E-state index contributed by atoms with van der Waals surface area (Å²) < 4.78 is 15.8. The number of hydrogen-bond acceptors (Lipinski definition) is 7. The van der Waals surface area contributed by atoms with Gasteiger partial charge in [-0.25, -0.2) is 0 Å². The molecule has 0 aliphatic rings. The van der Waals surface area contributed by atoms with E-state index in [2.05, 4.69) is 21.0 Å². The summed E-state index contributed by atoms with van der Waals surface area (Å²) in [5.41, 5.74) is 5.11. The first-order valence-corrected chi connectivity index (χ1v) is 8.72. The maximum absolute atomic E-state index is 12.2. The highest BCUT2D eigenvalue weighted by atomic mass is 16.5. The molecule has 0 bridgehead atoms. The number of benzene rings is 1. The minimum absolute atomic E-state index is 0.217. The van der Waals surface area contributed by atoms with E-state index in [1.165, 1.54) is 7.11 Å². The van der Waals surface area contributed by atoms with Gasteiger partial charge in [-0.05, 0) is 38.0 Å². The first kappa shape index (κ1) is 20.2. The van der Waals surface area contributed by atoms with Gasteiger partial charge in [0.1, 0.15) is 0 Å². The van der Waals surface area contributed by atoms with Crippen LogP contribution in [-0.4, -0.2) is 35.7 Å². The Morgan fingerprint density at radius 2 is 2.04 bits per heavy atom. The fraction of sp³-hybridized carbons (Fsp3) is 0.444. The number of rotatable bonds is 9. The fourth-order valence-corrected chi connectivity index (χ4v) is 2.24. The van der Waals surface area contributed by atoms with Crippen LogP contribution in [0.3, 0.4) is 0 Å². The summed E-state index contributed by atoms with van der Waals surface area (Å²) in [4.78, 5) is 28.1. The number of hydrogen-bond donors (Lipinski definition) is 2. The third-order valence-electron chi connectivity index (χ3n) is 3.57. The molecule has 0 aliphatic heterocycles. The van der Waals surface area contributed by atoms with Gasteiger partial charge in [0.05, 0.1) is 13.7 Å². The largest absolute Gasteiger partial charge is 0.493 e. The molecule has 0 aliphatic carbocycles. The Kier molecular flexibility index (Phi) is 7.60. The van der Waals surface area contributed by atoms with Crippen LogP contribution in [0.5, 0.6) is 11.5 Å². The third kappa shape index (κ3) is 6.28. The summed E-state index contributed by atoms with van der Waals surface area (Å²) in [5, 5.41) is 3.68. The molecule has 2 rings (SSSR count). The molecule has 146 valence electrons. The molecule has 9 heteroatoms. The first-order chi connectivity index (χ1) is 13.0. The molecule has 2 amide bonds. The number of nitrogens with zero attached hydrogens (tertiary/aromatic N) is 2. The molecule has 9 nitrogen and oxygen atoms in total. The van der Waals surface area contributed by atoms with E-state index in [4.69, 9.17) is 14.0 Å². The van der Waals surface area contributed by atoms with Gasteiger partial charge < -0.3 is 14.0 Å². The molecule has 0 saturated carbocycles. The van der Waals surface area contributed by atoms with Gasteiger partial charge in [-0.1, -0.05) is 12.1 Å². The van der Waals surface area contributed by atoms with E-state index in [0.29, 0.717) is 48.2 Å². The minimum atomic E-state index is -0.448. The Morgan fingerprint density at radius 3 is 2.70 bits per heavy atom. The lowest BCUT2D eigenvalue weighted by Gasteiger charge is -2.12. The molecule has 0 fully saturated rings. The van der Waals surface area contributed by atoms with E-state index in [0.717, 1.165) is 6.42 Å². The second-order valence-corrected chi connectivity index (χ2v) is 5.81. The summed E-state index contributed by atoms with van der Waals surface area (Å²) in [5.74, 6) is 1.31. The van der Waals surface area contributed by atoms with E-state index in [1.807, 2.05) is 6.92 Å². The van der Waals surface area contributed by atoms with Crippen molar-refractivity contribution in [3.05, 3.63) is 35.5 Å². The van der Waals surface area contributed by atoms with Gasteiger partial charge in [0.25, 0.3) is 5.91 Å². The van der Waals surface area contributed by atoms with E-state index < -0.39 is 5.91 Å². The van der Waals surface area contributed by atoms with Crippen LogP contribution < -0.4 is 20.3 Å². The van der Waals surface area contributed by atoms with Crippen molar-refractivity contribution in [2.45, 2.75) is 39.5 Å². The number of carbonyl (C=O) groups is 2. The van der Waals surface area contributed by atoms with E-state index in [9.17, 15) is 9.59 Å². The minimum Gasteiger partial charge on any atom is -0.493 e. The number of ether oxygens (including phenoxy) is 2. The normalized spacial score (nSPS) is 10.3. The number of carbonyl (C=O) groups excluding carboxylic acids is 2. The average molecular weight is 376 g/mol. The monoisotopic (exact) mass is 376 g/mol. The smallest absolute Gasteiger partial charge is 0.269 e. The van der Waals surface area contributed by atoms with E-state index in [1.54, 1.807) is 25.1 Å². The standard InChI is InChI=1S/C18H24N4O5/c1-4-10-26-14-9-8-13(11-15(14)25-3)18(24)21-20-16(23)6-5-7-17-19-12(2)22-27-17/h8-9,11H,4-7,10H2,1-3H3,(H,20,23)(H,21,24). The summed E-state index contributed by atoms with van der Waals surface area (Å²) in [7, 11) is 1.50. The molecule has 1 aromatic heterocycles. The lowest BCUT2D eigenvalue weighted by Crippen LogP contribution is -2.41. The van der Waals surface area contributed by atoms with Crippen LogP contribution in [0.4, 0.5) is 0 Å². The van der Waals surface area contributed by atoms with Gasteiger partial charge in [-0.15, -0.1) is 0 Å². The van der Waals surface area contributed by atoms with E-state index >= 15 is 0 Å². The van der Waals surface area contributed by atoms with Crippen LogP contribution in [0.15, 0.2) is 22.7 Å². The first-order valence-electron chi connectivity index (χ1n) is 8.72. The molecular weight excluding hydrogens is 352 g/mol. The lowest BCUT2D eigenvalue weighted by atomic mass is 10.2. The van der Waals surface area contributed by atoms with Crippen LogP contribution in [0, 0.1) is 6.92 Å². The summed E-state index contributed by atoms with van der Waals surface area (Å²) in [6.45, 7) is 4.29. The van der Waals surface area contributed by atoms with Gasteiger partial charge in [0, 0.05) is 18.4 Å². The highest BCUT2D eigenvalue weighted by Gasteiger charge is 2.12. The zero-order chi connectivity index (χ0) is 19.6. The number of nitrogens with one attached hydrogen (secondary N) is 2. The summed E-state index contributed by atoms with van der Waals surface area (Å²) >= 11 is 0. The van der Waals surface area contributed by atoms with Gasteiger partial charge in [-0.3, -0.25) is 20.4 Å². The Bertz CT molecular complexity index is 775. The lowest BCUT2D eigenvalue weighted by molar-refractivity contribution is -0.121. The number of aryl methyl sites for hydroxylation is 2. The Balaban J connectivity index is 1.79. The number of methoxy groups -OCH3 is 1. The van der Waals surface area contributed by atoms with Crippen molar-refractivity contribution in [3.63, 3.8) is 0 Å². The van der Waals surface area contributed by atoms with Crippen molar-refractivity contribution in [2.75, 3.05) is 13.7 Å². The molecule has 2 N–H and O–H groups in total. The predicted molar refractivity (Wildman–Crippen MR) is 96.4 cm³/mol. The molecule has 0 atom stereocenters. The molecule has 0 radical (unpaired) electrons. The highest BCUT2D eigenvalue weighted by Crippen LogP contribution is 2.28.